The molecular weight excluding hydrogens is 262 g/mol. The van der Waals surface area contributed by atoms with Crippen LogP contribution >= 0.6 is 0 Å². The number of carbonyl (C=O) groups is 1. The lowest BCUT2D eigenvalue weighted by Gasteiger charge is -2.39. The van der Waals surface area contributed by atoms with E-state index in [-0.39, 0.29) is 11.9 Å². The summed E-state index contributed by atoms with van der Waals surface area (Å²) < 4.78 is 0. The molecule has 2 N–H and O–H groups in total. The number of piperidine rings is 1. The number of carbonyl (C=O) groups excluding carboxylic acids is 1. The second-order valence-electron chi connectivity index (χ2n) is 6.97. The summed E-state index contributed by atoms with van der Waals surface area (Å²) in [7, 11) is 0. The molecule has 0 aromatic carbocycles. The van der Waals surface area contributed by atoms with Gasteiger partial charge in [-0.25, -0.2) is 0 Å². The first-order valence-electron chi connectivity index (χ1n) is 8.70. The van der Waals surface area contributed by atoms with E-state index in [1.165, 1.54) is 6.42 Å². The molecule has 0 aromatic rings. The van der Waals surface area contributed by atoms with Gasteiger partial charge in [-0.3, -0.25) is 9.69 Å². The van der Waals surface area contributed by atoms with E-state index in [1.807, 2.05) is 6.92 Å². The minimum atomic E-state index is -0.00765. The Balaban J connectivity index is 2.35. The minimum absolute atomic E-state index is 0.00765. The van der Waals surface area contributed by atoms with Crippen LogP contribution in [-0.2, 0) is 4.79 Å². The van der Waals surface area contributed by atoms with Crippen molar-refractivity contribution in [2.45, 2.75) is 66.0 Å². The van der Waals surface area contributed by atoms with Crippen molar-refractivity contribution in [3.63, 3.8) is 0 Å². The first-order chi connectivity index (χ1) is 9.95. The van der Waals surface area contributed by atoms with Gasteiger partial charge in [-0.15, -0.1) is 0 Å². The molecule has 1 heterocycles. The van der Waals surface area contributed by atoms with Crippen molar-refractivity contribution in [1.82, 2.24) is 15.5 Å². The zero-order valence-electron chi connectivity index (χ0n) is 14.6. The van der Waals surface area contributed by atoms with Gasteiger partial charge in [0.25, 0.3) is 0 Å². The Hall–Kier alpha value is -0.610. The van der Waals surface area contributed by atoms with E-state index < -0.39 is 0 Å². The number of hydrogen-bond acceptors (Lipinski definition) is 3. The zero-order valence-corrected chi connectivity index (χ0v) is 14.6. The Morgan fingerprint density at radius 2 is 2.00 bits per heavy atom. The normalized spacial score (nSPS) is 25.0. The molecule has 21 heavy (non-hydrogen) atoms. The van der Waals surface area contributed by atoms with E-state index in [4.69, 9.17) is 0 Å². The summed E-state index contributed by atoms with van der Waals surface area (Å²) in [6.07, 6.45) is 3.38. The smallest absolute Gasteiger partial charge is 0.237 e. The number of amides is 1. The van der Waals surface area contributed by atoms with E-state index in [1.54, 1.807) is 0 Å². The van der Waals surface area contributed by atoms with Gasteiger partial charge in [0.1, 0.15) is 0 Å². The average molecular weight is 297 g/mol. The summed E-state index contributed by atoms with van der Waals surface area (Å²) in [5, 5.41) is 6.70. The van der Waals surface area contributed by atoms with Crippen LogP contribution in [0.1, 0.15) is 53.9 Å². The third-order valence-electron chi connectivity index (χ3n) is 4.54. The maximum Gasteiger partial charge on any atom is 0.237 e. The van der Waals surface area contributed by atoms with Crippen LogP contribution in [0, 0.1) is 11.8 Å². The topological polar surface area (TPSA) is 44.4 Å². The monoisotopic (exact) mass is 297 g/mol. The molecule has 0 spiro atoms. The number of hydrogen-bond donors (Lipinski definition) is 2. The van der Waals surface area contributed by atoms with Gasteiger partial charge in [-0.1, -0.05) is 27.7 Å². The third-order valence-corrected chi connectivity index (χ3v) is 4.54. The fourth-order valence-electron chi connectivity index (χ4n) is 2.96. The van der Waals surface area contributed by atoms with Crippen LogP contribution in [0.5, 0.6) is 0 Å². The highest BCUT2D eigenvalue weighted by Gasteiger charge is 2.30. The molecule has 0 radical (unpaired) electrons. The van der Waals surface area contributed by atoms with Gasteiger partial charge in [0, 0.05) is 25.7 Å². The summed E-state index contributed by atoms with van der Waals surface area (Å²) in [5.74, 6) is 1.43. The predicted molar refractivity (Wildman–Crippen MR) is 89.4 cm³/mol. The van der Waals surface area contributed by atoms with E-state index in [2.05, 4.69) is 43.2 Å². The van der Waals surface area contributed by atoms with Crippen molar-refractivity contribution in [3.8, 4) is 0 Å². The van der Waals surface area contributed by atoms with Gasteiger partial charge in [0.15, 0.2) is 0 Å². The quantitative estimate of drug-likeness (QED) is 0.722. The van der Waals surface area contributed by atoms with Crippen molar-refractivity contribution in [1.29, 1.82) is 0 Å². The molecule has 1 saturated heterocycles. The highest BCUT2D eigenvalue weighted by Crippen LogP contribution is 2.19. The van der Waals surface area contributed by atoms with Crippen LogP contribution in [-0.4, -0.2) is 49.1 Å². The second kappa shape index (κ2) is 9.42. The predicted octanol–water partition coefficient (Wildman–Crippen LogP) is 2.25. The van der Waals surface area contributed by atoms with Gasteiger partial charge in [-0.05, 0) is 44.6 Å². The molecule has 0 aliphatic carbocycles. The zero-order chi connectivity index (χ0) is 15.8. The van der Waals surface area contributed by atoms with Crippen LogP contribution in [0.4, 0.5) is 0 Å². The van der Waals surface area contributed by atoms with E-state index in [0.29, 0.717) is 17.9 Å². The summed E-state index contributed by atoms with van der Waals surface area (Å²) in [4.78, 5) is 14.5. The lowest BCUT2D eigenvalue weighted by atomic mass is 9.92. The Morgan fingerprint density at radius 3 is 2.57 bits per heavy atom. The lowest BCUT2D eigenvalue weighted by molar-refractivity contribution is -0.126. The number of rotatable bonds is 8. The average Bonchev–Trinajstić information content (AvgIpc) is 2.44. The van der Waals surface area contributed by atoms with Gasteiger partial charge >= 0.3 is 0 Å². The molecule has 1 aliphatic heterocycles. The molecule has 3 atom stereocenters. The Labute approximate surface area is 131 Å². The van der Waals surface area contributed by atoms with Crippen LogP contribution in [0.25, 0.3) is 0 Å². The highest BCUT2D eigenvalue weighted by atomic mass is 16.2. The molecule has 4 heteroatoms. The molecule has 3 unspecified atom stereocenters. The summed E-state index contributed by atoms with van der Waals surface area (Å²) in [6.45, 7) is 14.8. The largest absolute Gasteiger partial charge is 0.355 e. The van der Waals surface area contributed by atoms with Crippen molar-refractivity contribution in [3.05, 3.63) is 0 Å². The second-order valence-corrected chi connectivity index (χ2v) is 6.97. The van der Waals surface area contributed by atoms with E-state index >= 15 is 0 Å². The Kier molecular flexibility index (Phi) is 8.27. The van der Waals surface area contributed by atoms with E-state index in [9.17, 15) is 4.79 Å². The minimum Gasteiger partial charge on any atom is -0.355 e. The highest BCUT2D eigenvalue weighted by molar-refractivity contribution is 5.81. The molecule has 1 fully saturated rings. The summed E-state index contributed by atoms with van der Waals surface area (Å²) in [5.41, 5.74) is 0. The van der Waals surface area contributed by atoms with Gasteiger partial charge < -0.3 is 10.6 Å². The molecule has 0 aromatic heterocycles. The molecule has 4 nitrogen and oxygen atoms in total. The fraction of sp³-hybridized carbons (Fsp3) is 0.941. The maximum absolute atomic E-state index is 12.2. The first kappa shape index (κ1) is 18.4. The molecule has 1 rings (SSSR count). The van der Waals surface area contributed by atoms with E-state index in [0.717, 1.165) is 39.0 Å². The Morgan fingerprint density at radius 1 is 1.29 bits per heavy atom. The molecule has 0 bridgehead atoms. The molecule has 0 saturated carbocycles. The lowest BCUT2D eigenvalue weighted by Crippen LogP contribution is -2.54. The molecule has 1 amide bonds. The van der Waals surface area contributed by atoms with Crippen molar-refractivity contribution < 1.29 is 4.79 Å². The summed E-state index contributed by atoms with van der Waals surface area (Å²) >= 11 is 0. The van der Waals surface area contributed by atoms with Crippen LogP contribution in [0.2, 0.25) is 0 Å². The number of nitrogens with zero attached hydrogens (tertiary/aromatic N) is 1. The maximum atomic E-state index is 12.2. The Bertz CT molecular complexity index is 306. The number of nitrogens with one attached hydrogen (secondary N) is 2. The first-order valence-corrected chi connectivity index (χ1v) is 8.70. The van der Waals surface area contributed by atoms with Crippen molar-refractivity contribution in [2.24, 2.45) is 11.8 Å². The fourth-order valence-corrected chi connectivity index (χ4v) is 2.96. The van der Waals surface area contributed by atoms with Crippen molar-refractivity contribution in [2.75, 3.05) is 26.2 Å². The molecule has 124 valence electrons. The van der Waals surface area contributed by atoms with Gasteiger partial charge in [0.2, 0.25) is 5.91 Å². The third kappa shape index (κ3) is 6.35. The molecule has 1 aliphatic rings. The van der Waals surface area contributed by atoms with Crippen LogP contribution in [0.15, 0.2) is 0 Å². The standard InChI is InChI=1S/C17H35N3O/c1-6-9-18-16-8-11-20(12-14(16)4)15(5)17(21)19-10-7-13(2)3/h13-16,18H,6-12H2,1-5H3,(H,19,21). The summed E-state index contributed by atoms with van der Waals surface area (Å²) in [6, 6.07) is 0.601. The van der Waals surface area contributed by atoms with Gasteiger partial charge in [0.05, 0.1) is 6.04 Å². The van der Waals surface area contributed by atoms with Crippen LogP contribution < -0.4 is 10.6 Å². The van der Waals surface area contributed by atoms with Gasteiger partial charge in [-0.2, -0.15) is 0 Å². The molecular formula is C17H35N3O. The SMILES string of the molecule is CCCNC1CCN(C(C)C(=O)NCCC(C)C)CC1C. The van der Waals surface area contributed by atoms with Crippen molar-refractivity contribution >= 4 is 5.91 Å². The number of likely N-dealkylation sites (tertiary alicyclic amines) is 1. The van der Waals surface area contributed by atoms with Crippen LogP contribution in [0.3, 0.4) is 0 Å².